The van der Waals surface area contributed by atoms with Crippen LogP contribution in [0, 0.1) is 103 Å². The van der Waals surface area contributed by atoms with Gasteiger partial charge in [-0.2, -0.15) is 0 Å². The maximum absolute atomic E-state index is 14.0. The highest BCUT2D eigenvalue weighted by molar-refractivity contribution is 8.77. The molecule has 15 atom stereocenters. The normalized spacial score (nSPS) is 23.8. The van der Waals surface area contributed by atoms with E-state index in [1.165, 1.54) is 0 Å². The van der Waals surface area contributed by atoms with Crippen molar-refractivity contribution in [2.45, 2.75) is 346 Å². The number of rotatable bonds is 20. The second-order valence-electron chi connectivity index (χ2n) is 40.1. The summed E-state index contributed by atoms with van der Waals surface area (Å²) in [5, 5.41) is 41.2. The lowest BCUT2D eigenvalue weighted by Gasteiger charge is -2.45. The van der Waals surface area contributed by atoms with Gasteiger partial charge in [0.05, 0.1) is 58.6 Å². The number of carbonyl (C=O) groups excluding carboxylic acids is 4. The number of aryl methyl sites for hydroxylation is 1. The minimum atomic E-state index is -1.18. The van der Waals surface area contributed by atoms with Gasteiger partial charge >= 0.3 is 11.4 Å². The number of pyridine rings is 2. The number of halogens is 1. The smallest absolute Gasteiger partial charge is 0.404 e. The highest BCUT2D eigenvalue weighted by Crippen LogP contribution is 2.49. The second kappa shape index (κ2) is 45.3. The number of nitrogens with one attached hydrogen (secondary N) is 1. The maximum atomic E-state index is 14.0. The molecule has 2 aliphatic rings. The van der Waals surface area contributed by atoms with Gasteiger partial charge in [0.2, 0.25) is 5.91 Å². The van der Waals surface area contributed by atoms with Crippen molar-refractivity contribution in [3.8, 4) is 0 Å². The van der Waals surface area contributed by atoms with Crippen LogP contribution in [0.4, 0.5) is 4.79 Å². The molecule has 2 aliphatic heterocycles. The maximum Gasteiger partial charge on any atom is 0.404 e. The van der Waals surface area contributed by atoms with Gasteiger partial charge in [-0.3, -0.25) is 14.4 Å². The minimum absolute atomic E-state index is 0.00194. The topological polar surface area (TPSA) is 237 Å². The van der Waals surface area contributed by atoms with Crippen LogP contribution >= 0.6 is 66.1 Å². The van der Waals surface area contributed by atoms with E-state index in [1.807, 2.05) is 82.5 Å². The Morgan fingerprint density at radius 3 is 1.50 bits per heavy atom. The number of nitrogens with two attached hydrogens (primary N) is 1. The number of aliphatic hydroxyl groups excluding tert-OH is 3. The van der Waals surface area contributed by atoms with E-state index in [0.29, 0.717) is 36.5 Å². The summed E-state index contributed by atoms with van der Waals surface area (Å²) in [5.41, 5.74) is 4.68. The predicted octanol–water partition coefficient (Wildman–Crippen LogP) is 23.6. The number of esters is 1. The second-order valence-corrected chi connectivity index (χ2v) is 46.3. The number of Topliss-reactive ketones (excluding diaryl/α,β-unsaturated/α-hetero) is 1. The standard InChI is InChI=1S/C33H54N2O5S.C22H37NO2S2.C14H27ClO2.C13H28O.C7H10N2S2/c1-19(15-23-18-41-22(4)34-23)24-16-26-33(11,40-26)14-12-13-30(5,6)20(2)28(38)21(3)31(7,8)29(39)32(9,10)25(36)17-27(37)35-24;1-16(21(3,4)5)20(17(2)22(6,7)8)25-19(24)13-11-15-26-27-18-12-9-10-14-23-18;1-9(13(3,4)5)11(17-12(15)16)10(2)14(6,7)8;1-9(12(3,4)5)11(14)10(2)13(6,7)8;8-4-6-10-11-7-3-1-2-5-9-7/h15,18,20-21,24-26,28,36,38H,12-14,16-17H2,1-11H3,(H,35,37);9-10,12,14,16-17,20H,11,13,15H2,1-8H3;9-11H,1-8H3;9-11,14H,1-8H3;1-3,5H,4,6,8H2/b19-15+;;;;/t20-,21-,24?,25+,26+,28+,33-;16-,17-;2*9-,10?,11?;/m1111./s1. The van der Waals surface area contributed by atoms with Crippen LogP contribution in [0.15, 0.2) is 69.8 Å². The Hall–Kier alpha value is -2.76. The fraction of sp³-hybridized carbons (Fsp3) is 0.787. The lowest BCUT2D eigenvalue weighted by Crippen LogP contribution is -2.52. The predicted molar refractivity (Wildman–Crippen MR) is 473 cm³/mol. The Morgan fingerprint density at radius 2 is 1.11 bits per heavy atom. The molecule has 0 aromatic carbocycles. The lowest BCUT2D eigenvalue weighted by atomic mass is 9.60. The molecule has 2 saturated heterocycles. The number of amides is 1. The van der Waals surface area contributed by atoms with Crippen molar-refractivity contribution < 1.29 is 48.7 Å². The Morgan fingerprint density at radius 1 is 0.673 bits per heavy atom. The van der Waals surface area contributed by atoms with Gasteiger partial charge in [0, 0.05) is 65.7 Å². The van der Waals surface area contributed by atoms with Crippen molar-refractivity contribution in [2.24, 2.45) is 102 Å². The number of aromatic nitrogens is 3. The van der Waals surface area contributed by atoms with E-state index in [9.17, 15) is 34.5 Å². The number of epoxide rings is 1. The van der Waals surface area contributed by atoms with Crippen LogP contribution in [0.5, 0.6) is 0 Å². The third-order valence-electron chi connectivity index (χ3n) is 24.7. The minimum Gasteiger partial charge on any atom is -0.462 e. The number of ketones is 1. The highest BCUT2D eigenvalue weighted by atomic mass is 35.5. The monoisotopic (exact) mass is 1650 g/mol. The van der Waals surface area contributed by atoms with Crippen LogP contribution in [0.2, 0.25) is 0 Å². The lowest BCUT2D eigenvalue weighted by molar-refractivity contribution is -0.160. The van der Waals surface area contributed by atoms with Gasteiger partial charge in [0.1, 0.15) is 28.0 Å². The summed E-state index contributed by atoms with van der Waals surface area (Å²) in [6, 6.07) is 11.5. The summed E-state index contributed by atoms with van der Waals surface area (Å²) in [7, 11) is 6.80. The molecule has 0 spiro atoms. The number of hydrogen-bond acceptors (Lipinski definition) is 19. The van der Waals surface area contributed by atoms with E-state index in [1.54, 1.807) is 80.8 Å². The Kier molecular flexibility index (Phi) is 43.3. The molecule has 5 unspecified atom stereocenters. The van der Waals surface area contributed by atoms with E-state index >= 15 is 0 Å². The summed E-state index contributed by atoms with van der Waals surface area (Å²) in [4.78, 5) is 63.8. The van der Waals surface area contributed by atoms with E-state index in [0.717, 1.165) is 70.1 Å². The zero-order chi connectivity index (χ0) is 85.5. The number of hydrogen-bond donors (Lipinski definition) is 5. The first-order valence-electron chi connectivity index (χ1n) is 40.3. The fourth-order valence-corrected chi connectivity index (χ4v) is 17.2. The van der Waals surface area contributed by atoms with Crippen LogP contribution < -0.4 is 11.1 Å². The molecule has 634 valence electrons. The molecule has 6 N–H and O–H groups in total. The molecule has 0 saturated carbocycles. The fourth-order valence-electron chi connectivity index (χ4n) is 12.8. The summed E-state index contributed by atoms with van der Waals surface area (Å²) in [6.07, 6.45) is 7.78. The van der Waals surface area contributed by atoms with E-state index < -0.39 is 28.5 Å². The molecular formula is C89H156ClN5O10S5. The first kappa shape index (κ1) is 105. The largest absolute Gasteiger partial charge is 0.462 e. The first-order valence-corrected chi connectivity index (χ1v) is 46.2. The van der Waals surface area contributed by atoms with Crippen LogP contribution in [0.3, 0.4) is 0 Å². The average Bonchev–Trinajstić information content (AvgIpc) is 1.52. The van der Waals surface area contributed by atoms with E-state index in [2.05, 4.69) is 214 Å². The molecule has 1 amide bonds. The van der Waals surface area contributed by atoms with Crippen molar-refractivity contribution in [3.05, 3.63) is 70.4 Å². The van der Waals surface area contributed by atoms with Crippen LogP contribution in [-0.2, 0) is 28.6 Å². The molecule has 0 bridgehead atoms. The molecule has 15 nitrogen and oxygen atoms in total. The zero-order valence-electron chi connectivity index (χ0n) is 75.0. The molecule has 0 aliphatic carbocycles. The van der Waals surface area contributed by atoms with Crippen molar-refractivity contribution in [2.75, 3.05) is 18.1 Å². The van der Waals surface area contributed by atoms with E-state index in [-0.39, 0.29) is 122 Å². The molecule has 110 heavy (non-hydrogen) atoms. The molecule has 3 aromatic heterocycles. The SMILES string of the molecule is C/C(=C\c1csc(C)n1)C1C[C@@H]2O[C@]2(C)CCCC(C)(C)[C@H](C)[C@H](O)[C@@H](C)C(C)(C)C(=O)C(C)(C)[C@@H](O)CC(=O)N1.CC(C(O)[C@@H](C)C(C)(C)C)C(C)(C)C.CC(C(OC(=O)Cl)[C@@H](C)C(C)(C)C)C(C)(C)C.C[C@H](C(OC(=O)CCCSSc1ccccn1)[C@@H](C)C(C)(C)C)C(C)(C)C.NCCSSc1ccccn1. The van der Waals surface area contributed by atoms with Crippen molar-refractivity contribution in [3.63, 3.8) is 0 Å². The van der Waals surface area contributed by atoms with Crippen LogP contribution in [0.25, 0.3) is 6.08 Å². The molecule has 5 rings (SSSR count). The number of fused-ring (bicyclic) bond motifs is 1. The van der Waals surface area contributed by atoms with Gasteiger partial charge in [-0.15, -0.1) is 11.3 Å². The van der Waals surface area contributed by atoms with Crippen molar-refractivity contribution >= 4 is 95.3 Å². The number of thiazole rings is 1. The number of aliphatic hydroxyl groups is 3. The molecule has 2 fully saturated rings. The third-order valence-corrected chi connectivity index (χ3v) is 30.2. The molecule has 3 aromatic rings. The van der Waals surface area contributed by atoms with Gasteiger partial charge in [0.25, 0.3) is 0 Å². The summed E-state index contributed by atoms with van der Waals surface area (Å²) >= 11 is 6.98. The quantitative estimate of drug-likeness (QED) is 0.0232. The van der Waals surface area contributed by atoms with Crippen molar-refractivity contribution in [1.82, 2.24) is 20.3 Å². The van der Waals surface area contributed by atoms with E-state index in [4.69, 9.17) is 31.5 Å². The average molecular weight is 1650 g/mol. The van der Waals surface area contributed by atoms with Crippen LogP contribution in [0.1, 0.15) is 291 Å². The van der Waals surface area contributed by atoms with Crippen molar-refractivity contribution in [1.29, 1.82) is 0 Å². The summed E-state index contributed by atoms with van der Waals surface area (Å²) in [5.74, 6) is 2.71. The molecule has 21 heteroatoms. The third kappa shape index (κ3) is 36.0. The highest BCUT2D eigenvalue weighted by Gasteiger charge is 2.54. The zero-order valence-corrected chi connectivity index (χ0v) is 79.9. The summed E-state index contributed by atoms with van der Waals surface area (Å²) in [6.45, 7) is 74.7. The first-order chi connectivity index (χ1) is 49.9. The van der Waals surface area contributed by atoms with Gasteiger partial charge in [-0.1, -0.05) is 255 Å². The van der Waals surface area contributed by atoms with Crippen LogP contribution in [-0.4, -0.2) is 120 Å². The molecular weight excluding hydrogens is 1490 g/mol. The Balaban J connectivity index is 0.000000752. The van der Waals surface area contributed by atoms with Gasteiger partial charge < -0.3 is 40.6 Å². The van der Waals surface area contributed by atoms with Gasteiger partial charge in [0.15, 0.2) is 0 Å². The number of carbonyl (C=O) groups is 4. The Bertz CT molecular complexity index is 3160. The van der Waals surface area contributed by atoms with Gasteiger partial charge in [-0.05, 0) is 189 Å². The number of ether oxygens (including phenoxy) is 3. The summed E-state index contributed by atoms with van der Waals surface area (Å²) < 4.78 is 17.6. The Labute approximate surface area is 695 Å². The molecule has 0 radical (unpaired) electrons. The molecule has 5 heterocycles. The number of nitrogens with zero attached hydrogens (tertiary/aromatic N) is 3. The van der Waals surface area contributed by atoms with Gasteiger partial charge in [-0.25, -0.2) is 19.7 Å².